The van der Waals surface area contributed by atoms with Crippen LogP contribution in [0.4, 0.5) is 11.5 Å². The van der Waals surface area contributed by atoms with E-state index in [1.165, 1.54) is 24.0 Å². The molecule has 2 saturated carbocycles. The molecule has 3 fully saturated rings. The van der Waals surface area contributed by atoms with E-state index in [1.807, 2.05) is 12.1 Å². The van der Waals surface area contributed by atoms with Gasteiger partial charge in [0.25, 0.3) is 0 Å². The predicted molar refractivity (Wildman–Crippen MR) is 116 cm³/mol. The Labute approximate surface area is 175 Å². The average molecular weight is 403 g/mol. The molecular formula is C23H26N6O. The lowest BCUT2D eigenvalue weighted by molar-refractivity contribution is -0.117. The van der Waals surface area contributed by atoms with Gasteiger partial charge in [0.2, 0.25) is 5.91 Å². The molecule has 6 rings (SSSR count). The van der Waals surface area contributed by atoms with Crippen molar-refractivity contribution in [3.63, 3.8) is 0 Å². The van der Waals surface area contributed by atoms with Crippen molar-refractivity contribution in [3.8, 4) is 0 Å². The monoisotopic (exact) mass is 402 g/mol. The molecule has 154 valence electrons. The number of anilines is 2. The number of nitrogens with zero attached hydrogens (tertiary/aromatic N) is 3. The second-order valence-electron chi connectivity index (χ2n) is 8.87. The van der Waals surface area contributed by atoms with Crippen LogP contribution in [0.3, 0.4) is 0 Å². The molecule has 3 aromatic heterocycles. The second kappa shape index (κ2) is 7.09. The number of hydrogen-bond donors (Lipinski definition) is 3. The van der Waals surface area contributed by atoms with Crippen LogP contribution < -0.4 is 16.0 Å². The van der Waals surface area contributed by atoms with Gasteiger partial charge in [-0.3, -0.25) is 4.79 Å². The molecule has 1 amide bonds. The van der Waals surface area contributed by atoms with Crippen LogP contribution >= 0.6 is 0 Å². The highest BCUT2D eigenvalue weighted by Gasteiger charge is 2.30. The molecule has 0 atom stereocenters. The van der Waals surface area contributed by atoms with E-state index in [4.69, 9.17) is 4.98 Å². The van der Waals surface area contributed by atoms with E-state index in [-0.39, 0.29) is 11.8 Å². The third-order valence-corrected chi connectivity index (χ3v) is 6.35. The third-order valence-electron chi connectivity index (χ3n) is 6.35. The Balaban J connectivity index is 1.20. The second-order valence-corrected chi connectivity index (χ2v) is 8.87. The van der Waals surface area contributed by atoms with Gasteiger partial charge in [-0.1, -0.05) is 0 Å². The Morgan fingerprint density at radius 2 is 2.00 bits per heavy atom. The van der Waals surface area contributed by atoms with Gasteiger partial charge in [-0.15, -0.1) is 0 Å². The summed E-state index contributed by atoms with van der Waals surface area (Å²) >= 11 is 0. The maximum absolute atomic E-state index is 12.0. The number of fused-ring (bicyclic) bond motifs is 1. The first-order valence-corrected chi connectivity index (χ1v) is 11.0. The Bertz CT molecular complexity index is 1110. The van der Waals surface area contributed by atoms with Gasteiger partial charge in [-0.05, 0) is 49.3 Å². The molecule has 7 nitrogen and oxygen atoms in total. The van der Waals surface area contributed by atoms with Crippen molar-refractivity contribution in [2.45, 2.75) is 44.1 Å². The van der Waals surface area contributed by atoms with Crippen LogP contribution in [-0.4, -0.2) is 33.4 Å². The Kier molecular flexibility index (Phi) is 4.23. The zero-order valence-corrected chi connectivity index (χ0v) is 16.9. The van der Waals surface area contributed by atoms with Crippen LogP contribution in [0.15, 0.2) is 36.8 Å². The predicted octanol–water partition coefficient (Wildman–Crippen LogP) is 3.25. The van der Waals surface area contributed by atoms with Gasteiger partial charge < -0.3 is 20.4 Å². The van der Waals surface area contributed by atoms with E-state index in [9.17, 15) is 4.79 Å². The smallest absolute Gasteiger partial charge is 0.228 e. The molecule has 0 unspecified atom stereocenters. The molecule has 4 heterocycles. The summed E-state index contributed by atoms with van der Waals surface area (Å²) in [5.41, 5.74) is 5.84. The van der Waals surface area contributed by atoms with Crippen molar-refractivity contribution in [2.24, 2.45) is 5.92 Å². The minimum atomic E-state index is 0.0736. The van der Waals surface area contributed by atoms with Crippen molar-refractivity contribution < 1.29 is 4.79 Å². The van der Waals surface area contributed by atoms with E-state index in [0.717, 1.165) is 48.9 Å². The number of rotatable bonds is 7. The molecule has 0 aromatic carbocycles. The minimum Gasteiger partial charge on any atom is -0.379 e. The number of carbonyl (C=O) groups excluding carboxylic acids is 1. The summed E-state index contributed by atoms with van der Waals surface area (Å²) in [6.07, 6.45) is 10.7. The summed E-state index contributed by atoms with van der Waals surface area (Å²) < 4.78 is 2.21. The summed E-state index contributed by atoms with van der Waals surface area (Å²) in [6.45, 7) is 2.70. The van der Waals surface area contributed by atoms with Crippen molar-refractivity contribution >= 4 is 23.1 Å². The van der Waals surface area contributed by atoms with Gasteiger partial charge in [0, 0.05) is 60.8 Å². The highest BCUT2D eigenvalue weighted by molar-refractivity contribution is 5.93. The largest absolute Gasteiger partial charge is 0.379 e. The van der Waals surface area contributed by atoms with Gasteiger partial charge in [0.05, 0.1) is 12.2 Å². The molecule has 3 aliphatic rings. The van der Waals surface area contributed by atoms with E-state index in [2.05, 4.69) is 43.8 Å². The zero-order chi connectivity index (χ0) is 20.1. The topological polar surface area (TPSA) is 83.4 Å². The average Bonchev–Trinajstić information content (AvgIpc) is 3.61. The van der Waals surface area contributed by atoms with E-state index in [0.29, 0.717) is 18.3 Å². The van der Waals surface area contributed by atoms with Crippen molar-refractivity contribution in [2.75, 3.05) is 23.7 Å². The fourth-order valence-electron chi connectivity index (χ4n) is 4.11. The normalized spacial score (nSPS) is 18.9. The van der Waals surface area contributed by atoms with Crippen molar-refractivity contribution in [1.29, 1.82) is 0 Å². The van der Waals surface area contributed by atoms with Gasteiger partial charge in [0.15, 0.2) is 0 Å². The molecule has 7 heteroatoms. The molecule has 30 heavy (non-hydrogen) atoms. The van der Waals surface area contributed by atoms with Crippen molar-refractivity contribution in [3.05, 3.63) is 53.6 Å². The highest BCUT2D eigenvalue weighted by Crippen LogP contribution is 2.41. The lowest BCUT2D eigenvalue weighted by atomic mass is 9.93. The van der Waals surface area contributed by atoms with Crippen LogP contribution in [0.1, 0.15) is 54.3 Å². The fourth-order valence-corrected chi connectivity index (χ4v) is 4.11. The van der Waals surface area contributed by atoms with Gasteiger partial charge in [0.1, 0.15) is 11.5 Å². The summed E-state index contributed by atoms with van der Waals surface area (Å²) in [7, 11) is 0. The number of carbonyl (C=O) groups is 1. The van der Waals surface area contributed by atoms with E-state index >= 15 is 0 Å². The quantitative estimate of drug-likeness (QED) is 0.565. The summed E-state index contributed by atoms with van der Waals surface area (Å²) in [6, 6.07) is 6.19. The SMILES string of the molecule is O=C(Nc1cc(NCc2cn3cc(C4CC4)cc(C4CNC4)c3n2)ccn1)C1CC1. The summed E-state index contributed by atoms with van der Waals surface area (Å²) in [4.78, 5) is 21.2. The van der Waals surface area contributed by atoms with Gasteiger partial charge in [-0.25, -0.2) is 9.97 Å². The number of nitrogens with one attached hydrogen (secondary N) is 3. The number of amides is 1. The number of hydrogen-bond acceptors (Lipinski definition) is 5. The summed E-state index contributed by atoms with van der Waals surface area (Å²) in [5, 5.41) is 9.72. The molecule has 2 aliphatic carbocycles. The maximum atomic E-state index is 12.0. The van der Waals surface area contributed by atoms with E-state index < -0.39 is 0 Å². The fraction of sp³-hybridized carbons (Fsp3) is 0.435. The first kappa shape index (κ1) is 17.9. The molecule has 0 radical (unpaired) electrons. The van der Waals surface area contributed by atoms with Crippen LogP contribution in [-0.2, 0) is 11.3 Å². The minimum absolute atomic E-state index is 0.0736. The number of pyridine rings is 2. The highest BCUT2D eigenvalue weighted by atomic mass is 16.2. The Morgan fingerprint density at radius 1 is 1.13 bits per heavy atom. The summed E-state index contributed by atoms with van der Waals surface area (Å²) in [5.74, 6) is 2.13. The number of aromatic nitrogens is 3. The van der Waals surface area contributed by atoms with Crippen molar-refractivity contribution in [1.82, 2.24) is 19.7 Å². The van der Waals surface area contributed by atoms with Crippen LogP contribution in [0.2, 0.25) is 0 Å². The molecule has 1 saturated heterocycles. The van der Waals surface area contributed by atoms with Crippen LogP contribution in [0, 0.1) is 5.92 Å². The molecule has 3 N–H and O–H groups in total. The van der Waals surface area contributed by atoms with E-state index in [1.54, 1.807) is 6.20 Å². The Morgan fingerprint density at radius 3 is 2.73 bits per heavy atom. The van der Waals surface area contributed by atoms with Gasteiger partial charge >= 0.3 is 0 Å². The van der Waals surface area contributed by atoms with Crippen LogP contribution in [0.25, 0.3) is 5.65 Å². The molecule has 3 aromatic rings. The standard InChI is InChI=1S/C23H26N6O/c30-23(15-3-4-15)28-21-8-18(5-6-25-21)26-11-19-13-29-12-16(14-1-2-14)7-20(22(29)27-19)17-9-24-10-17/h5-8,12-15,17,24H,1-4,9-11H2,(H2,25,26,28,30). The first-order chi connectivity index (χ1) is 14.7. The molecule has 0 spiro atoms. The molecule has 0 bridgehead atoms. The van der Waals surface area contributed by atoms with Crippen LogP contribution in [0.5, 0.6) is 0 Å². The first-order valence-electron chi connectivity index (χ1n) is 11.0. The third kappa shape index (κ3) is 3.54. The molecule has 1 aliphatic heterocycles. The lowest BCUT2D eigenvalue weighted by Crippen LogP contribution is -2.40. The Hall–Kier alpha value is -2.93. The van der Waals surface area contributed by atoms with Gasteiger partial charge in [-0.2, -0.15) is 0 Å². The number of imidazole rings is 1. The zero-order valence-electron chi connectivity index (χ0n) is 16.9. The molecular weight excluding hydrogens is 376 g/mol. The lowest BCUT2D eigenvalue weighted by Gasteiger charge is -2.28. The maximum Gasteiger partial charge on any atom is 0.228 e.